The maximum atomic E-state index is 10.2. The Balaban J connectivity index is 3.43. The van der Waals surface area contributed by atoms with Crippen molar-refractivity contribution in [3.63, 3.8) is 0 Å². The fourth-order valence-corrected chi connectivity index (χ4v) is 1.41. The lowest BCUT2D eigenvalue weighted by atomic mass is 10.2. The van der Waals surface area contributed by atoms with E-state index in [1.807, 2.05) is 6.26 Å². The molecule has 0 aromatic rings. The van der Waals surface area contributed by atoms with E-state index < -0.39 is 5.97 Å². The van der Waals surface area contributed by atoms with Crippen LogP contribution in [-0.2, 0) is 9.53 Å². The quantitative estimate of drug-likeness (QED) is 0.664. The molecular formula is C7H14O3S. The molecule has 0 bridgehead atoms. The van der Waals surface area contributed by atoms with E-state index in [0.717, 1.165) is 5.75 Å². The van der Waals surface area contributed by atoms with Crippen molar-refractivity contribution >= 4 is 17.7 Å². The predicted octanol–water partition coefficient (Wildman–Crippen LogP) is 1.23. The van der Waals surface area contributed by atoms with Crippen molar-refractivity contribution in [2.75, 3.05) is 19.1 Å². The summed E-state index contributed by atoms with van der Waals surface area (Å²) < 4.78 is 5.06. The average molecular weight is 178 g/mol. The van der Waals surface area contributed by atoms with Crippen LogP contribution in [0, 0.1) is 0 Å². The van der Waals surface area contributed by atoms with Crippen LogP contribution in [-0.4, -0.2) is 36.3 Å². The molecule has 11 heavy (non-hydrogen) atoms. The second-order valence-electron chi connectivity index (χ2n) is 2.25. The number of methoxy groups -OCH3 is 1. The summed E-state index contributed by atoms with van der Waals surface area (Å²) in [5, 5.41) is 8.36. The van der Waals surface area contributed by atoms with Gasteiger partial charge in [-0.2, -0.15) is 11.8 Å². The lowest BCUT2D eigenvalue weighted by Crippen LogP contribution is -2.15. The smallest absolute Gasteiger partial charge is 0.303 e. The van der Waals surface area contributed by atoms with E-state index in [2.05, 4.69) is 0 Å². The Labute approximate surface area is 71.1 Å². The first-order valence-corrected chi connectivity index (χ1v) is 4.83. The first-order chi connectivity index (χ1) is 5.20. The lowest BCUT2D eigenvalue weighted by molar-refractivity contribution is -0.137. The average Bonchev–Trinajstić information content (AvgIpc) is 1.97. The minimum Gasteiger partial charge on any atom is -0.481 e. The van der Waals surface area contributed by atoms with Crippen LogP contribution >= 0.6 is 11.8 Å². The van der Waals surface area contributed by atoms with Gasteiger partial charge >= 0.3 is 5.97 Å². The molecule has 0 fully saturated rings. The van der Waals surface area contributed by atoms with Crippen molar-refractivity contribution in [1.29, 1.82) is 0 Å². The molecule has 0 saturated carbocycles. The van der Waals surface area contributed by atoms with E-state index in [-0.39, 0.29) is 12.5 Å². The van der Waals surface area contributed by atoms with Crippen molar-refractivity contribution in [3.05, 3.63) is 0 Å². The molecule has 66 valence electrons. The van der Waals surface area contributed by atoms with Gasteiger partial charge in [0.25, 0.3) is 0 Å². The zero-order valence-corrected chi connectivity index (χ0v) is 7.69. The highest BCUT2D eigenvalue weighted by Gasteiger charge is 2.08. The molecule has 4 heteroatoms. The summed E-state index contributed by atoms with van der Waals surface area (Å²) in [6.07, 6.45) is 2.86. The highest BCUT2D eigenvalue weighted by atomic mass is 32.2. The van der Waals surface area contributed by atoms with Gasteiger partial charge in [-0.3, -0.25) is 4.79 Å². The van der Waals surface area contributed by atoms with Gasteiger partial charge in [0, 0.05) is 19.3 Å². The van der Waals surface area contributed by atoms with Gasteiger partial charge in [0.05, 0.1) is 6.10 Å². The molecule has 0 rings (SSSR count). The first kappa shape index (κ1) is 10.8. The van der Waals surface area contributed by atoms with Crippen LogP contribution < -0.4 is 0 Å². The van der Waals surface area contributed by atoms with Gasteiger partial charge in [0.15, 0.2) is 0 Å². The topological polar surface area (TPSA) is 46.5 Å². The molecule has 0 aliphatic rings. The molecule has 0 aromatic heterocycles. The third kappa shape index (κ3) is 6.19. The van der Waals surface area contributed by atoms with Gasteiger partial charge in [-0.15, -0.1) is 0 Å². The van der Waals surface area contributed by atoms with Crippen molar-refractivity contribution < 1.29 is 14.6 Å². The number of hydrogen-bond acceptors (Lipinski definition) is 3. The summed E-state index contributed by atoms with van der Waals surface area (Å²) in [4.78, 5) is 10.2. The third-order valence-corrected chi connectivity index (χ3v) is 2.07. The minimum atomic E-state index is -0.756. The fraction of sp³-hybridized carbons (Fsp3) is 0.857. The van der Waals surface area contributed by atoms with Crippen LogP contribution in [0.15, 0.2) is 0 Å². The third-order valence-electron chi connectivity index (χ3n) is 1.37. The van der Waals surface area contributed by atoms with E-state index in [0.29, 0.717) is 6.42 Å². The fourth-order valence-electron chi connectivity index (χ4n) is 0.740. The van der Waals surface area contributed by atoms with Gasteiger partial charge in [-0.1, -0.05) is 0 Å². The Kier molecular flexibility index (Phi) is 6.36. The van der Waals surface area contributed by atoms with E-state index in [4.69, 9.17) is 9.84 Å². The van der Waals surface area contributed by atoms with Gasteiger partial charge in [0.2, 0.25) is 0 Å². The SMILES string of the molecule is COC(CCC(=O)O)CSC. The molecular weight excluding hydrogens is 164 g/mol. The second-order valence-corrected chi connectivity index (χ2v) is 3.16. The normalized spacial score (nSPS) is 12.9. The van der Waals surface area contributed by atoms with Crippen molar-refractivity contribution in [2.45, 2.75) is 18.9 Å². The number of thioether (sulfide) groups is 1. The molecule has 1 atom stereocenters. The van der Waals surface area contributed by atoms with Crippen LogP contribution in [0.3, 0.4) is 0 Å². The van der Waals surface area contributed by atoms with Crippen LogP contribution in [0.1, 0.15) is 12.8 Å². The van der Waals surface area contributed by atoms with Crippen LogP contribution in [0.4, 0.5) is 0 Å². The lowest BCUT2D eigenvalue weighted by Gasteiger charge is -2.11. The molecule has 0 saturated heterocycles. The Hall–Kier alpha value is -0.220. The van der Waals surface area contributed by atoms with Crippen LogP contribution in [0.25, 0.3) is 0 Å². The molecule has 3 nitrogen and oxygen atoms in total. The number of aliphatic carboxylic acids is 1. The van der Waals surface area contributed by atoms with Gasteiger partial charge in [-0.25, -0.2) is 0 Å². The Bertz CT molecular complexity index is 116. The standard InChI is InChI=1S/C7H14O3S/c1-10-6(5-11-2)3-4-7(8)9/h6H,3-5H2,1-2H3,(H,8,9). The van der Waals surface area contributed by atoms with E-state index >= 15 is 0 Å². The Morgan fingerprint density at radius 3 is 2.73 bits per heavy atom. The summed E-state index contributed by atoms with van der Waals surface area (Å²) in [6.45, 7) is 0. The van der Waals surface area contributed by atoms with Crippen molar-refractivity contribution in [2.24, 2.45) is 0 Å². The molecule has 0 radical (unpaired) electrons. The summed E-state index contributed by atoms with van der Waals surface area (Å²) >= 11 is 1.67. The Morgan fingerprint density at radius 1 is 1.73 bits per heavy atom. The molecule has 0 aliphatic heterocycles. The second kappa shape index (κ2) is 6.49. The van der Waals surface area contributed by atoms with Gasteiger partial charge in [0.1, 0.15) is 0 Å². The summed E-state index contributed by atoms with van der Waals surface area (Å²) in [6, 6.07) is 0. The van der Waals surface area contributed by atoms with E-state index in [1.54, 1.807) is 18.9 Å². The van der Waals surface area contributed by atoms with Crippen LogP contribution in [0.5, 0.6) is 0 Å². The number of carbonyl (C=O) groups is 1. The van der Waals surface area contributed by atoms with Crippen molar-refractivity contribution in [1.82, 2.24) is 0 Å². The summed E-state index contributed by atoms with van der Waals surface area (Å²) in [5.74, 6) is 0.109. The molecule has 1 unspecified atom stereocenters. The largest absolute Gasteiger partial charge is 0.481 e. The summed E-state index contributed by atoms with van der Waals surface area (Å²) in [5.41, 5.74) is 0. The van der Waals surface area contributed by atoms with Crippen molar-refractivity contribution in [3.8, 4) is 0 Å². The summed E-state index contributed by atoms with van der Waals surface area (Å²) in [7, 11) is 1.61. The molecule has 0 amide bonds. The molecule has 0 spiro atoms. The van der Waals surface area contributed by atoms with Gasteiger partial charge in [-0.05, 0) is 12.7 Å². The minimum absolute atomic E-state index is 0.0844. The van der Waals surface area contributed by atoms with E-state index in [9.17, 15) is 4.79 Å². The highest BCUT2D eigenvalue weighted by Crippen LogP contribution is 2.07. The first-order valence-electron chi connectivity index (χ1n) is 3.44. The number of carboxylic acids is 1. The maximum Gasteiger partial charge on any atom is 0.303 e. The molecule has 0 heterocycles. The van der Waals surface area contributed by atoms with Crippen LogP contribution in [0.2, 0.25) is 0 Å². The number of hydrogen-bond donors (Lipinski definition) is 1. The predicted molar refractivity (Wildman–Crippen MR) is 46.0 cm³/mol. The maximum absolute atomic E-state index is 10.2. The monoisotopic (exact) mass is 178 g/mol. The molecule has 1 N–H and O–H groups in total. The number of rotatable bonds is 6. The van der Waals surface area contributed by atoms with Gasteiger partial charge < -0.3 is 9.84 Å². The zero-order chi connectivity index (χ0) is 8.69. The number of ether oxygens (including phenoxy) is 1. The zero-order valence-electron chi connectivity index (χ0n) is 6.87. The van der Waals surface area contributed by atoms with E-state index in [1.165, 1.54) is 0 Å². The Morgan fingerprint density at radius 2 is 2.36 bits per heavy atom. The molecule has 0 aliphatic carbocycles. The number of carboxylic acid groups (broad SMARTS) is 1. The highest BCUT2D eigenvalue weighted by molar-refractivity contribution is 7.98. The molecule has 0 aromatic carbocycles.